The third-order valence-corrected chi connectivity index (χ3v) is 3.52. The fraction of sp³-hybridized carbons (Fsp3) is 0.111. The fourth-order valence-electron chi connectivity index (χ4n) is 2.42. The van der Waals surface area contributed by atoms with E-state index in [2.05, 4.69) is 4.98 Å². The molecular formula is C18H16N2O2. The van der Waals surface area contributed by atoms with Crippen molar-refractivity contribution in [2.24, 2.45) is 0 Å². The molecule has 3 rings (SSSR count). The molecule has 0 unspecified atom stereocenters. The van der Waals surface area contributed by atoms with Gasteiger partial charge in [0.2, 0.25) is 0 Å². The van der Waals surface area contributed by atoms with Gasteiger partial charge in [0.25, 0.3) is 0 Å². The van der Waals surface area contributed by atoms with Crippen molar-refractivity contribution in [2.45, 2.75) is 13.5 Å². The number of aryl methyl sites for hydroxylation is 1. The van der Waals surface area contributed by atoms with Gasteiger partial charge in [-0.3, -0.25) is 9.88 Å². The van der Waals surface area contributed by atoms with E-state index in [0.29, 0.717) is 5.69 Å². The van der Waals surface area contributed by atoms with Gasteiger partial charge in [-0.1, -0.05) is 36.4 Å². The molecule has 0 atom stereocenters. The van der Waals surface area contributed by atoms with Gasteiger partial charge in [0, 0.05) is 11.1 Å². The summed E-state index contributed by atoms with van der Waals surface area (Å²) in [5, 5.41) is 10.5. The van der Waals surface area contributed by atoms with E-state index >= 15 is 0 Å². The lowest BCUT2D eigenvalue weighted by atomic mass is 10.2. The number of rotatable bonds is 3. The van der Waals surface area contributed by atoms with Crippen molar-refractivity contribution >= 4 is 22.7 Å². The van der Waals surface area contributed by atoms with Crippen LogP contribution in [0.15, 0.2) is 60.7 Å². The van der Waals surface area contributed by atoms with Crippen LogP contribution in [-0.2, 0) is 6.54 Å². The first kappa shape index (κ1) is 14.1. The van der Waals surface area contributed by atoms with Gasteiger partial charge >= 0.3 is 6.09 Å². The number of benzene rings is 2. The normalized spacial score (nSPS) is 10.6. The smallest absolute Gasteiger partial charge is 0.412 e. The minimum Gasteiger partial charge on any atom is -0.465 e. The molecule has 0 fully saturated rings. The van der Waals surface area contributed by atoms with E-state index in [9.17, 15) is 9.90 Å². The summed E-state index contributed by atoms with van der Waals surface area (Å²) in [5.41, 5.74) is 3.27. The highest BCUT2D eigenvalue weighted by Crippen LogP contribution is 2.19. The van der Waals surface area contributed by atoms with Crippen LogP contribution in [0, 0.1) is 6.92 Å². The van der Waals surface area contributed by atoms with Crippen LogP contribution in [0.1, 0.15) is 11.3 Å². The van der Waals surface area contributed by atoms with Gasteiger partial charge in [-0.05, 0) is 36.8 Å². The first-order valence-electron chi connectivity index (χ1n) is 7.05. The van der Waals surface area contributed by atoms with E-state index in [-0.39, 0.29) is 6.54 Å². The average molecular weight is 292 g/mol. The predicted molar refractivity (Wildman–Crippen MR) is 87.1 cm³/mol. The van der Waals surface area contributed by atoms with Gasteiger partial charge in [-0.2, -0.15) is 0 Å². The Balaban J connectivity index is 1.94. The summed E-state index contributed by atoms with van der Waals surface area (Å²) in [5.74, 6) is 0. The summed E-state index contributed by atoms with van der Waals surface area (Å²) in [4.78, 5) is 17.4. The van der Waals surface area contributed by atoms with E-state index in [1.165, 1.54) is 4.90 Å². The predicted octanol–water partition coefficient (Wildman–Crippen LogP) is 4.23. The van der Waals surface area contributed by atoms with Crippen molar-refractivity contribution in [1.82, 2.24) is 4.98 Å². The zero-order valence-corrected chi connectivity index (χ0v) is 12.2. The molecule has 0 saturated carbocycles. The molecule has 1 heterocycles. The van der Waals surface area contributed by atoms with Crippen molar-refractivity contribution in [2.75, 3.05) is 4.90 Å². The van der Waals surface area contributed by atoms with Gasteiger partial charge in [0.15, 0.2) is 0 Å². The highest BCUT2D eigenvalue weighted by Gasteiger charge is 2.15. The molecule has 0 bridgehead atoms. The summed E-state index contributed by atoms with van der Waals surface area (Å²) < 4.78 is 0. The lowest BCUT2D eigenvalue weighted by molar-refractivity contribution is 0.201. The number of aromatic nitrogens is 1. The van der Waals surface area contributed by atoms with E-state index < -0.39 is 6.09 Å². The molecule has 22 heavy (non-hydrogen) atoms. The van der Waals surface area contributed by atoms with Crippen LogP contribution in [0.3, 0.4) is 0 Å². The zero-order chi connectivity index (χ0) is 15.5. The van der Waals surface area contributed by atoms with Gasteiger partial charge in [-0.15, -0.1) is 0 Å². The molecule has 0 radical (unpaired) electrons. The number of carboxylic acid groups (broad SMARTS) is 1. The maximum absolute atomic E-state index is 11.6. The molecule has 0 spiro atoms. The molecule has 0 saturated heterocycles. The maximum atomic E-state index is 11.6. The first-order valence-corrected chi connectivity index (χ1v) is 7.05. The Morgan fingerprint density at radius 2 is 1.91 bits per heavy atom. The standard InChI is InChI=1S/C18H16N2O2/c1-13-5-4-7-16(11-13)20(18(21)22)12-15-10-9-14-6-2-3-8-17(14)19-15/h2-11H,12H2,1H3,(H,21,22). The third-order valence-electron chi connectivity index (χ3n) is 3.52. The molecule has 1 N–H and O–H groups in total. The van der Waals surface area contributed by atoms with Gasteiger partial charge in [-0.25, -0.2) is 4.79 Å². The molecule has 110 valence electrons. The lowest BCUT2D eigenvalue weighted by Crippen LogP contribution is -2.29. The minimum atomic E-state index is -0.986. The van der Waals surface area contributed by atoms with Crippen LogP contribution in [0.4, 0.5) is 10.5 Å². The van der Waals surface area contributed by atoms with Gasteiger partial charge < -0.3 is 5.11 Å². The number of pyridine rings is 1. The number of nitrogens with zero attached hydrogens (tertiary/aromatic N) is 2. The number of hydrogen-bond acceptors (Lipinski definition) is 2. The van der Waals surface area contributed by atoms with Gasteiger partial charge in [0.1, 0.15) is 0 Å². The van der Waals surface area contributed by atoms with E-state index in [4.69, 9.17) is 0 Å². The molecule has 4 heteroatoms. The summed E-state index contributed by atoms with van der Waals surface area (Å²) in [6.07, 6.45) is -0.986. The maximum Gasteiger partial charge on any atom is 0.412 e. The fourth-order valence-corrected chi connectivity index (χ4v) is 2.42. The van der Waals surface area contributed by atoms with Crippen LogP contribution >= 0.6 is 0 Å². The lowest BCUT2D eigenvalue weighted by Gasteiger charge is -2.19. The molecule has 4 nitrogen and oxygen atoms in total. The SMILES string of the molecule is Cc1cccc(N(Cc2ccc3ccccc3n2)C(=O)O)c1. The molecule has 1 amide bonds. The Hall–Kier alpha value is -2.88. The van der Waals surface area contributed by atoms with Crippen molar-refractivity contribution in [3.63, 3.8) is 0 Å². The summed E-state index contributed by atoms with van der Waals surface area (Å²) >= 11 is 0. The molecule has 1 aromatic heterocycles. The Morgan fingerprint density at radius 3 is 2.68 bits per heavy atom. The molecule has 0 aliphatic rings. The second-order valence-corrected chi connectivity index (χ2v) is 5.20. The summed E-state index contributed by atoms with van der Waals surface area (Å²) in [6, 6.07) is 19.1. The van der Waals surface area contributed by atoms with E-state index in [1.807, 2.05) is 61.5 Å². The highest BCUT2D eigenvalue weighted by molar-refractivity contribution is 5.86. The molecule has 3 aromatic rings. The Labute approximate surface area is 128 Å². The van der Waals surface area contributed by atoms with Gasteiger partial charge in [0.05, 0.1) is 17.8 Å². The average Bonchev–Trinajstić information content (AvgIpc) is 2.52. The molecular weight excluding hydrogens is 276 g/mol. The number of fused-ring (bicyclic) bond motifs is 1. The molecule has 2 aromatic carbocycles. The zero-order valence-electron chi connectivity index (χ0n) is 12.2. The van der Waals surface area contributed by atoms with Crippen molar-refractivity contribution in [3.05, 3.63) is 71.9 Å². The second-order valence-electron chi connectivity index (χ2n) is 5.20. The van der Waals surface area contributed by atoms with Crippen molar-refractivity contribution in [3.8, 4) is 0 Å². The van der Waals surface area contributed by atoms with Crippen molar-refractivity contribution < 1.29 is 9.90 Å². The summed E-state index contributed by atoms with van der Waals surface area (Å²) in [6.45, 7) is 2.17. The Bertz CT molecular complexity index is 830. The minimum absolute atomic E-state index is 0.226. The Kier molecular flexibility index (Phi) is 3.74. The number of para-hydroxylation sites is 1. The van der Waals surface area contributed by atoms with Crippen LogP contribution in [0.25, 0.3) is 10.9 Å². The topological polar surface area (TPSA) is 53.4 Å². The van der Waals surface area contributed by atoms with Crippen LogP contribution in [0.5, 0.6) is 0 Å². The summed E-state index contributed by atoms with van der Waals surface area (Å²) in [7, 11) is 0. The van der Waals surface area contributed by atoms with E-state index in [1.54, 1.807) is 6.07 Å². The first-order chi connectivity index (χ1) is 10.6. The monoisotopic (exact) mass is 292 g/mol. The largest absolute Gasteiger partial charge is 0.465 e. The number of hydrogen-bond donors (Lipinski definition) is 1. The highest BCUT2D eigenvalue weighted by atomic mass is 16.4. The second kappa shape index (κ2) is 5.85. The van der Waals surface area contributed by atoms with Crippen LogP contribution < -0.4 is 4.90 Å². The Morgan fingerprint density at radius 1 is 1.09 bits per heavy atom. The van der Waals surface area contributed by atoms with Crippen molar-refractivity contribution in [1.29, 1.82) is 0 Å². The number of carbonyl (C=O) groups is 1. The van der Waals surface area contributed by atoms with Crippen LogP contribution in [0.2, 0.25) is 0 Å². The third kappa shape index (κ3) is 2.91. The molecule has 0 aliphatic carbocycles. The number of amides is 1. The quantitative estimate of drug-likeness (QED) is 0.786. The number of anilines is 1. The van der Waals surface area contributed by atoms with E-state index in [0.717, 1.165) is 22.2 Å². The van der Waals surface area contributed by atoms with Crippen LogP contribution in [-0.4, -0.2) is 16.2 Å². The molecule has 0 aliphatic heterocycles.